The molecule has 3 aromatic carbocycles. The van der Waals surface area contributed by atoms with E-state index in [1.807, 2.05) is 12.1 Å². The average molecular weight is 1150 g/mol. The second kappa shape index (κ2) is 30.0. The lowest BCUT2D eigenvalue weighted by atomic mass is 9.87. The molecule has 3 aromatic rings. The Hall–Kier alpha value is -7.81. The van der Waals surface area contributed by atoms with Crippen LogP contribution in [0.25, 0.3) is 0 Å². The number of ketones is 1. The van der Waals surface area contributed by atoms with Crippen molar-refractivity contribution in [3.05, 3.63) is 102 Å². The van der Waals surface area contributed by atoms with Crippen LogP contribution >= 0.6 is 0 Å². The number of carbonyl (C=O) groups excluding carboxylic acids is 9. The molecule has 452 valence electrons. The molecule has 1 unspecified atom stereocenters. The van der Waals surface area contributed by atoms with E-state index in [-0.39, 0.29) is 44.7 Å². The highest BCUT2D eigenvalue weighted by Gasteiger charge is 2.43. The van der Waals surface area contributed by atoms with Gasteiger partial charge in [0.2, 0.25) is 29.4 Å². The van der Waals surface area contributed by atoms with Gasteiger partial charge in [0.05, 0.1) is 31.8 Å². The summed E-state index contributed by atoms with van der Waals surface area (Å²) in [4.78, 5) is 132. The number of hydrogen-bond donors (Lipinski definition) is 2. The summed E-state index contributed by atoms with van der Waals surface area (Å²) in [5.74, 6) is -5.64. The van der Waals surface area contributed by atoms with Crippen LogP contribution in [-0.2, 0) is 63.8 Å². The van der Waals surface area contributed by atoms with Crippen molar-refractivity contribution >= 4 is 53.2 Å². The fourth-order valence-electron chi connectivity index (χ4n) is 9.30. The van der Waals surface area contributed by atoms with Crippen LogP contribution in [-0.4, -0.2) is 171 Å². The van der Waals surface area contributed by atoms with Crippen molar-refractivity contribution in [1.82, 2.24) is 30.2 Å². The number of carbonyl (C=O) groups is 9. The van der Waals surface area contributed by atoms with Gasteiger partial charge in [0.1, 0.15) is 48.7 Å². The van der Waals surface area contributed by atoms with Crippen LogP contribution < -0.4 is 24.8 Å². The summed E-state index contributed by atoms with van der Waals surface area (Å²) in [5, 5.41) is 5.65. The molecule has 2 bridgehead atoms. The molecule has 0 radical (unpaired) electrons. The molecule has 0 aromatic heterocycles. The van der Waals surface area contributed by atoms with E-state index in [9.17, 15) is 43.2 Å². The first kappa shape index (κ1) is 66.0. The summed E-state index contributed by atoms with van der Waals surface area (Å²) in [6.45, 7) is 12.2. The molecule has 2 aliphatic heterocycles. The quantitative estimate of drug-likeness (QED) is 0.192. The molecule has 83 heavy (non-hydrogen) atoms. The Bertz CT molecular complexity index is 2810. The molecule has 1 saturated heterocycles. The highest BCUT2D eigenvalue weighted by molar-refractivity contribution is 6.38. The number of aryl methyl sites for hydroxylation is 1. The third-order valence-corrected chi connectivity index (χ3v) is 14.7. The Morgan fingerprint density at radius 3 is 2.11 bits per heavy atom. The van der Waals surface area contributed by atoms with E-state index in [1.165, 1.54) is 74.8 Å². The summed E-state index contributed by atoms with van der Waals surface area (Å²) in [7, 11) is 7.42. The van der Waals surface area contributed by atoms with Gasteiger partial charge < -0.3 is 58.7 Å². The van der Waals surface area contributed by atoms with Gasteiger partial charge in [0.25, 0.3) is 11.8 Å². The monoisotopic (exact) mass is 1150 g/mol. The highest BCUT2D eigenvalue weighted by Crippen LogP contribution is 2.33. The minimum atomic E-state index is -1.50. The minimum Gasteiger partial charge on any atom is -0.493 e. The molecule has 6 atom stereocenters. The Labute approximate surface area is 487 Å². The van der Waals surface area contributed by atoms with Crippen molar-refractivity contribution in [2.75, 3.05) is 68.3 Å². The van der Waals surface area contributed by atoms with E-state index in [2.05, 4.69) is 10.6 Å². The average Bonchev–Trinajstić information content (AvgIpc) is 3.47. The minimum absolute atomic E-state index is 0.0998. The number of Topliss-reactive ketones (excluding diaryl/α,β-unsaturated/α-hetero) is 1. The lowest BCUT2D eigenvalue weighted by Crippen LogP contribution is -2.59. The number of rotatable bonds is 9. The number of esters is 2. The summed E-state index contributed by atoms with van der Waals surface area (Å²) in [5.41, 5.74) is -0.547. The number of piperidine rings is 1. The van der Waals surface area contributed by atoms with Crippen molar-refractivity contribution in [3.63, 3.8) is 0 Å². The number of methoxy groups -OCH3 is 2. The molecule has 2 aliphatic rings. The smallest absolute Gasteiger partial charge is 0.330 e. The number of amides is 6. The van der Waals surface area contributed by atoms with Gasteiger partial charge in [-0.25, -0.2) is 9.59 Å². The molecule has 0 saturated carbocycles. The van der Waals surface area contributed by atoms with E-state index in [0.717, 1.165) is 11.6 Å². The SMILES string of the molecule is COc1ccc(CC[C@H]2OC(=O)[C@@H]3CCCCN3C(=O)C(=O)C(C)(C)COC(=O)C=CCCN(C)C(=O)[C@H](C(C)C)NC(=O)[C@H](COC(C)(C)C)N(C)C(=O)C(c3ccccc3)NC(=O)[C@H](C)N(C)C(=O)COc3cccc2c3)cc1OC. The molecule has 0 aliphatic carbocycles. The number of nitrogens with one attached hydrogen (secondary N) is 2. The molecule has 21 heteroatoms. The zero-order chi connectivity index (χ0) is 61.3. The van der Waals surface area contributed by atoms with Gasteiger partial charge in [-0.2, -0.15) is 0 Å². The predicted molar refractivity (Wildman–Crippen MR) is 308 cm³/mol. The van der Waals surface area contributed by atoms with Crippen LogP contribution in [0.1, 0.15) is 116 Å². The Kier molecular flexibility index (Phi) is 23.8. The molecular weight excluding hydrogens is 1070 g/mol. The Morgan fingerprint density at radius 1 is 0.759 bits per heavy atom. The predicted octanol–water partition coefficient (Wildman–Crippen LogP) is 5.72. The van der Waals surface area contributed by atoms with Crippen molar-refractivity contribution in [3.8, 4) is 17.2 Å². The van der Waals surface area contributed by atoms with E-state index < -0.39 is 120 Å². The van der Waals surface area contributed by atoms with E-state index in [4.69, 9.17) is 28.4 Å². The number of ether oxygens (including phenoxy) is 6. The third kappa shape index (κ3) is 18.3. The first-order valence-electron chi connectivity index (χ1n) is 28.1. The van der Waals surface area contributed by atoms with Gasteiger partial charge in [-0.1, -0.05) is 68.5 Å². The number of fused-ring (bicyclic) bond motifs is 3. The van der Waals surface area contributed by atoms with Crippen LogP contribution in [0.2, 0.25) is 0 Å². The van der Waals surface area contributed by atoms with Crippen molar-refractivity contribution < 1.29 is 71.6 Å². The fourth-order valence-corrected chi connectivity index (χ4v) is 9.30. The van der Waals surface area contributed by atoms with Crippen LogP contribution in [0.15, 0.2) is 84.9 Å². The summed E-state index contributed by atoms with van der Waals surface area (Å²) >= 11 is 0. The van der Waals surface area contributed by atoms with Gasteiger partial charge in [0, 0.05) is 40.3 Å². The molecule has 2 N–H and O–H groups in total. The number of cyclic esters (lactones) is 2. The first-order chi connectivity index (χ1) is 39.2. The Balaban J connectivity index is 1.50. The van der Waals surface area contributed by atoms with Gasteiger partial charge in [-0.15, -0.1) is 0 Å². The normalized spacial score (nSPS) is 23.1. The van der Waals surface area contributed by atoms with Gasteiger partial charge in [-0.3, -0.25) is 33.6 Å². The number of nitrogens with zero attached hydrogens (tertiary/aromatic N) is 4. The van der Waals surface area contributed by atoms with E-state index >= 15 is 0 Å². The van der Waals surface area contributed by atoms with Crippen LogP contribution in [0.5, 0.6) is 17.2 Å². The van der Waals surface area contributed by atoms with Gasteiger partial charge >= 0.3 is 11.9 Å². The maximum atomic E-state index is 14.8. The molecule has 2 heterocycles. The Morgan fingerprint density at radius 2 is 1.45 bits per heavy atom. The second-order valence-corrected chi connectivity index (χ2v) is 22.9. The lowest BCUT2D eigenvalue weighted by Gasteiger charge is -2.36. The second-order valence-electron chi connectivity index (χ2n) is 22.9. The standard InChI is InChI=1S/C62H84N6O15/c1-39(2)52-57(74)65(9)32-19-18-27-51(70)81-38-62(7,8)54(71)59(76)68-33-20-17-26-45(68)60(77)83-47(30-28-41-29-31-48(78-12)49(34-41)79-13)43-24-21-25-44(35-43)80-37-50(69)66(10)40(3)55(72)64-53(42-22-15-14-16-23-42)58(75)67(11)46(56(73)63-52)36-82-61(4,5)6/h14-16,18,21-25,27,29,31,34-35,39-40,45-47,52-53H,17,19-20,26,28,30,32-33,36-38H2,1-13H3,(H,63,73)(H,64,72)/t40-,45-,46-,47+,52-,53?/m0/s1. The summed E-state index contributed by atoms with van der Waals surface area (Å²) < 4.78 is 34.9. The van der Waals surface area contributed by atoms with Gasteiger partial charge in [0.15, 0.2) is 18.1 Å². The molecule has 5 rings (SSSR count). The molecule has 0 spiro atoms. The van der Waals surface area contributed by atoms with E-state index in [1.54, 1.807) is 102 Å². The van der Waals surface area contributed by atoms with Crippen LogP contribution in [0, 0.1) is 11.3 Å². The van der Waals surface area contributed by atoms with Gasteiger partial charge in [-0.05, 0) is 127 Å². The number of likely N-dealkylation sites (N-methyl/N-ethyl adjacent to an activating group) is 3. The molecule has 6 amide bonds. The van der Waals surface area contributed by atoms with Crippen LogP contribution in [0.4, 0.5) is 0 Å². The van der Waals surface area contributed by atoms with Crippen molar-refractivity contribution in [2.45, 2.75) is 136 Å². The topological polar surface area (TPSA) is 246 Å². The fraction of sp³-hybridized carbons (Fsp3) is 0.532. The zero-order valence-electron chi connectivity index (χ0n) is 50.3. The summed E-state index contributed by atoms with van der Waals surface area (Å²) in [6, 6.07) is 14.5. The number of hydrogen-bond acceptors (Lipinski definition) is 15. The maximum absolute atomic E-state index is 14.8. The van der Waals surface area contributed by atoms with Crippen molar-refractivity contribution in [1.29, 1.82) is 0 Å². The van der Waals surface area contributed by atoms with Crippen molar-refractivity contribution in [2.24, 2.45) is 11.3 Å². The highest BCUT2D eigenvalue weighted by atomic mass is 16.5. The van der Waals surface area contributed by atoms with Crippen LogP contribution in [0.3, 0.4) is 0 Å². The zero-order valence-corrected chi connectivity index (χ0v) is 50.3. The molecule has 21 nitrogen and oxygen atoms in total. The largest absolute Gasteiger partial charge is 0.493 e. The lowest BCUT2D eigenvalue weighted by molar-refractivity contribution is -0.165. The third-order valence-electron chi connectivity index (χ3n) is 14.7. The first-order valence-corrected chi connectivity index (χ1v) is 28.1. The molecular formula is C62H84N6O15. The maximum Gasteiger partial charge on any atom is 0.330 e. The van der Waals surface area contributed by atoms with E-state index in [0.29, 0.717) is 41.9 Å². The summed E-state index contributed by atoms with van der Waals surface area (Å²) in [6.07, 6.45) is 3.84. The molecule has 1 fully saturated rings. The number of benzene rings is 3.